The van der Waals surface area contributed by atoms with Gasteiger partial charge < -0.3 is 51.7 Å². The molecule has 0 amide bonds. The van der Waals surface area contributed by atoms with E-state index in [4.69, 9.17) is 46.6 Å². The average molecular weight is 589 g/mol. The van der Waals surface area contributed by atoms with Gasteiger partial charge in [0.1, 0.15) is 37.4 Å². The van der Waals surface area contributed by atoms with Crippen molar-refractivity contribution in [2.75, 3.05) is 54.6 Å². The first kappa shape index (κ1) is 34.2. The smallest absolute Gasteiger partial charge is 0.335 e. The molecule has 0 saturated carbocycles. The second-order valence-corrected chi connectivity index (χ2v) is 18.4. The van der Waals surface area contributed by atoms with E-state index in [0.29, 0.717) is 6.61 Å². The molecule has 0 spiro atoms. The molecule has 2 fully saturated rings. The van der Waals surface area contributed by atoms with E-state index >= 15 is 0 Å². The van der Waals surface area contributed by atoms with Gasteiger partial charge in [-0.05, 0) is 38.9 Å². The van der Waals surface area contributed by atoms with Gasteiger partial charge in [0.25, 0.3) is 0 Å². The average Bonchev–Trinajstić information content (AvgIpc) is 2.84. The maximum atomic E-state index is 13.2. The van der Waals surface area contributed by atoms with Crippen molar-refractivity contribution >= 4 is 15.9 Å². The van der Waals surface area contributed by atoms with E-state index in [1.807, 2.05) is 0 Å². The van der Waals surface area contributed by atoms with E-state index in [1.54, 1.807) is 20.8 Å². The standard InChI is InChI=1S/C24H49O12PSi/c1-13-31-16-32-20-19-18(35-22(5,27-7)23(6,28-8)36-19)17(14-33-38(11,12)21(2,3)4)34-24(20,25)15-37(26,29-9)30-10/h17-20,25H,13-16H2,1-12H3/t17-,18-,19+,20+,22+,23+,24?/m1/s1. The molecule has 2 aliphatic heterocycles. The number of hydrogen-bond donors (Lipinski definition) is 1. The fraction of sp³-hybridized carbons (Fsp3) is 1.00. The van der Waals surface area contributed by atoms with Gasteiger partial charge in [0.2, 0.25) is 17.4 Å². The Labute approximate surface area is 228 Å². The van der Waals surface area contributed by atoms with Crippen LogP contribution in [0.2, 0.25) is 18.1 Å². The third kappa shape index (κ3) is 6.89. The lowest BCUT2D eigenvalue weighted by Gasteiger charge is -2.59. The van der Waals surface area contributed by atoms with Crippen molar-refractivity contribution in [1.82, 2.24) is 0 Å². The lowest BCUT2D eigenvalue weighted by Crippen LogP contribution is -2.76. The fourth-order valence-electron chi connectivity index (χ4n) is 4.18. The van der Waals surface area contributed by atoms with Crippen molar-refractivity contribution in [3.8, 4) is 0 Å². The summed E-state index contributed by atoms with van der Waals surface area (Å²) in [6.45, 7) is 16.0. The summed E-state index contributed by atoms with van der Waals surface area (Å²) in [6, 6.07) is 0. The molecule has 2 aliphatic rings. The maximum absolute atomic E-state index is 13.2. The van der Waals surface area contributed by atoms with Gasteiger partial charge in [-0.1, -0.05) is 20.8 Å². The van der Waals surface area contributed by atoms with Crippen molar-refractivity contribution in [3.63, 3.8) is 0 Å². The summed E-state index contributed by atoms with van der Waals surface area (Å²) < 4.78 is 72.0. The highest BCUT2D eigenvalue weighted by Crippen LogP contribution is 2.54. The molecule has 0 aromatic heterocycles. The van der Waals surface area contributed by atoms with Crippen LogP contribution in [-0.2, 0) is 51.2 Å². The molecule has 12 nitrogen and oxygen atoms in total. The SMILES string of the molecule is CCOCO[C@H]1[C@H]2O[C@](C)(OC)[C@@](C)(OC)O[C@@H]2[C@@H](CO[Si](C)(C)C(C)(C)C)OC1(O)CP(=O)(OC)OC. The number of hydrogen-bond acceptors (Lipinski definition) is 12. The van der Waals surface area contributed by atoms with Crippen LogP contribution in [0.4, 0.5) is 0 Å². The highest BCUT2D eigenvalue weighted by Gasteiger charge is 2.67. The monoisotopic (exact) mass is 588 g/mol. The second kappa shape index (κ2) is 12.5. The Bertz CT molecular complexity index is 817. The first-order valence-electron chi connectivity index (χ1n) is 12.8. The van der Waals surface area contributed by atoms with E-state index in [9.17, 15) is 9.67 Å². The molecular weight excluding hydrogens is 539 g/mol. The first-order chi connectivity index (χ1) is 17.4. The van der Waals surface area contributed by atoms with Crippen molar-refractivity contribution in [1.29, 1.82) is 0 Å². The number of rotatable bonds is 13. The van der Waals surface area contributed by atoms with E-state index < -0.39 is 63.9 Å². The van der Waals surface area contributed by atoms with Crippen LogP contribution in [0.1, 0.15) is 41.5 Å². The van der Waals surface area contributed by atoms with Gasteiger partial charge in [-0.15, -0.1) is 0 Å². The van der Waals surface area contributed by atoms with Crippen molar-refractivity contribution in [2.45, 2.75) is 101 Å². The minimum atomic E-state index is -3.79. The van der Waals surface area contributed by atoms with Gasteiger partial charge in [0.05, 0.1) is 6.61 Å². The number of ether oxygens (including phenoxy) is 7. The van der Waals surface area contributed by atoms with Crippen LogP contribution < -0.4 is 0 Å². The van der Waals surface area contributed by atoms with Crippen LogP contribution >= 0.6 is 7.60 Å². The summed E-state index contributed by atoms with van der Waals surface area (Å²) in [5.74, 6) is -4.96. The molecule has 226 valence electrons. The maximum Gasteiger partial charge on any atom is 0.335 e. The zero-order valence-corrected chi connectivity index (χ0v) is 26.9. The highest BCUT2D eigenvalue weighted by molar-refractivity contribution is 7.53. The summed E-state index contributed by atoms with van der Waals surface area (Å²) in [5, 5.41) is 11.9. The summed E-state index contributed by atoms with van der Waals surface area (Å²) >= 11 is 0. The molecule has 7 atom stereocenters. The zero-order valence-electron chi connectivity index (χ0n) is 25.0. The molecule has 2 rings (SSSR count). The molecule has 14 heteroatoms. The van der Waals surface area contributed by atoms with Crippen LogP contribution in [0, 0.1) is 0 Å². The Hall–Kier alpha value is 0.00688. The quantitative estimate of drug-likeness (QED) is 0.146. The second-order valence-electron chi connectivity index (χ2n) is 11.4. The third-order valence-corrected chi connectivity index (χ3v) is 14.5. The minimum Gasteiger partial charge on any atom is -0.414 e. The number of methoxy groups -OCH3 is 2. The Morgan fingerprint density at radius 1 is 0.947 bits per heavy atom. The van der Waals surface area contributed by atoms with Gasteiger partial charge in [-0.2, -0.15) is 0 Å². The van der Waals surface area contributed by atoms with Crippen LogP contribution in [0.5, 0.6) is 0 Å². The Balaban J connectivity index is 2.59. The van der Waals surface area contributed by atoms with E-state index in [2.05, 4.69) is 33.9 Å². The number of fused-ring (bicyclic) bond motifs is 1. The normalized spacial score (nSPS) is 36.8. The van der Waals surface area contributed by atoms with Crippen LogP contribution in [0.15, 0.2) is 0 Å². The van der Waals surface area contributed by atoms with E-state index in [0.717, 1.165) is 0 Å². The van der Waals surface area contributed by atoms with Crippen LogP contribution in [0.25, 0.3) is 0 Å². The van der Waals surface area contributed by atoms with Gasteiger partial charge in [0, 0.05) is 35.0 Å². The molecule has 1 unspecified atom stereocenters. The summed E-state index contributed by atoms with van der Waals surface area (Å²) in [6.07, 6.45) is -4.46. The van der Waals surface area contributed by atoms with Crippen molar-refractivity contribution in [3.05, 3.63) is 0 Å². The summed E-state index contributed by atoms with van der Waals surface area (Å²) in [5.41, 5.74) is 0. The Morgan fingerprint density at radius 3 is 1.92 bits per heavy atom. The molecule has 2 saturated heterocycles. The highest BCUT2D eigenvalue weighted by atomic mass is 31.2. The Morgan fingerprint density at radius 2 is 1.47 bits per heavy atom. The molecule has 2 heterocycles. The number of aliphatic hydroxyl groups is 1. The van der Waals surface area contributed by atoms with Crippen molar-refractivity contribution < 1.29 is 56.3 Å². The van der Waals surface area contributed by atoms with Gasteiger partial charge >= 0.3 is 7.60 Å². The predicted molar refractivity (Wildman–Crippen MR) is 141 cm³/mol. The third-order valence-electron chi connectivity index (χ3n) is 8.04. The first-order valence-corrected chi connectivity index (χ1v) is 17.4. The van der Waals surface area contributed by atoms with Gasteiger partial charge in [0.15, 0.2) is 8.32 Å². The van der Waals surface area contributed by atoms with E-state index in [-0.39, 0.29) is 18.4 Å². The van der Waals surface area contributed by atoms with E-state index in [1.165, 1.54) is 28.4 Å². The van der Waals surface area contributed by atoms with Gasteiger partial charge in [-0.3, -0.25) is 4.57 Å². The largest absolute Gasteiger partial charge is 0.414 e. The fourth-order valence-corrected chi connectivity index (χ4v) is 6.41. The van der Waals surface area contributed by atoms with Crippen LogP contribution in [-0.4, -0.2) is 110 Å². The predicted octanol–water partition coefficient (Wildman–Crippen LogP) is 3.47. The Kier molecular flexibility index (Phi) is 11.2. The topological polar surface area (TPSA) is 130 Å². The van der Waals surface area contributed by atoms with Crippen LogP contribution in [0.3, 0.4) is 0 Å². The lowest BCUT2D eigenvalue weighted by atomic mass is 9.90. The molecule has 38 heavy (non-hydrogen) atoms. The van der Waals surface area contributed by atoms with Gasteiger partial charge in [-0.25, -0.2) is 0 Å². The summed E-state index contributed by atoms with van der Waals surface area (Å²) in [7, 11) is -0.619. The molecule has 1 N–H and O–H groups in total. The molecular formula is C24H49O12PSi. The molecule has 0 radical (unpaired) electrons. The molecule has 0 aliphatic carbocycles. The lowest BCUT2D eigenvalue weighted by molar-refractivity contribution is -0.490. The molecule has 0 aromatic rings. The van der Waals surface area contributed by atoms with Crippen molar-refractivity contribution in [2.24, 2.45) is 0 Å². The molecule has 0 bridgehead atoms. The minimum absolute atomic E-state index is 0.0647. The molecule has 0 aromatic carbocycles. The zero-order chi connectivity index (χ0) is 29.2. The summed E-state index contributed by atoms with van der Waals surface area (Å²) in [4.78, 5) is 0.